The normalized spacial score (nSPS) is 17.9. The van der Waals surface area contributed by atoms with Crippen LogP contribution in [0.1, 0.15) is 12.0 Å². The molecule has 0 amide bonds. The van der Waals surface area contributed by atoms with Crippen molar-refractivity contribution in [3.63, 3.8) is 0 Å². The molecule has 1 nitrogen and oxygen atoms in total. The van der Waals surface area contributed by atoms with Gasteiger partial charge in [-0.2, -0.15) is 0 Å². The summed E-state index contributed by atoms with van der Waals surface area (Å²) in [5, 5.41) is 11.7. The van der Waals surface area contributed by atoms with Crippen LogP contribution in [0.2, 0.25) is 0 Å². The van der Waals surface area contributed by atoms with E-state index in [-0.39, 0.29) is 0 Å². The molecule has 4 aromatic rings. The minimum absolute atomic E-state index is 0.780. The molecule has 1 aliphatic rings. The van der Waals surface area contributed by atoms with E-state index >= 15 is 0 Å². The first-order valence-electron chi connectivity index (χ1n) is 8.93. The lowest BCUT2D eigenvalue weighted by Gasteiger charge is -2.13. The zero-order valence-electron chi connectivity index (χ0n) is 13.8. The predicted octanol–water partition coefficient (Wildman–Crippen LogP) is 5.30. The van der Waals surface area contributed by atoms with E-state index in [1.54, 1.807) is 0 Å². The van der Waals surface area contributed by atoms with Crippen molar-refractivity contribution in [2.45, 2.75) is 12.8 Å². The summed E-state index contributed by atoms with van der Waals surface area (Å²) in [6.07, 6.45) is 2.48. The average Bonchev–Trinajstić information content (AvgIpc) is 3.14. The van der Waals surface area contributed by atoms with Crippen LogP contribution < -0.4 is 5.32 Å². The van der Waals surface area contributed by atoms with Crippen molar-refractivity contribution in [2.75, 3.05) is 13.1 Å². The fourth-order valence-corrected chi connectivity index (χ4v) is 4.30. The molecular formula is C23H21N. The Morgan fingerprint density at radius 1 is 0.708 bits per heavy atom. The quantitative estimate of drug-likeness (QED) is 0.495. The Kier molecular flexibility index (Phi) is 3.27. The van der Waals surface area contributed by atoms with Gasteiger partial charge in [-0.15, -0.1) is 0 Å². The van der Waals surface area contributed by atoms with Crippen LogP contribution in [-0.2, 0) is 6.42 Å². The van der Waals surface area contributed by atoms with E-state index in [4.69, 9.17) is 0 Å². The summed E-state index contributed by atoms with van der Waals surface area (Å²) in [6.45, 7) is 2.33. The van der Waals surface area contributed by atoms with Gasteiger partial charge in [-0.1, -0.05) is 66.7 Å². The van der Waals surface area contributed by atoms with Crippen LogP contribution in [0.25, 0.3) is 32.3 Å². The van der Waals surface area contributed by atoms with Crippen molar-refractivity contribution in [3.05, 3.63) is 72.3 Å². The largest absolute Gasteiger partial charge is 0.316 e. The molecule has 1 heterocycles. The highest BCUT2D eigenvalue weighted by Crippen LogP contribution is 2.33. The Balaban J connectivity index is 1.74. The molecular weight excluding hydrogens is 290 g/mol. The van der Waals surface area contributed by atoms with E-state index < -0.39 is 0 Å². The lowest BCUT2D eigenvalue weighted by atomic mass is 9.91. The Hall–Kier alpha value is -2.38. The van der Waals surface area contributed by atoms with Crippen molar-refractivity contribution in [1.29, 1.82) is 0 Å². The van der Waals surface area contributed by atoms with Crippen molar-refractivity contribution >= 4 is 32.3 Å². The Bertz CT molecular complexity index is 1040. The molecule has 0 bridgehead atoms. The van der Waals surface area contributed by atoms with Crippen molar-refractivity contribution in [1.82, 2.24) is 5.32 Å². The van der Waals surface area contributed by atoms with Crippen LogP contribution in [0.3, 0.4) is 0 Å². The Morgan fingerprint density at radius 3 is 2.38 bits per heavy atom. The third-order valence-electron chi connectivity index (χ3n) is 5.54. The highest BCUT2D eigenvalue weighted by molar-refractivity contribution is 6.17. The molecule has 24 heavy (non-hydrogen) atoms. The maximum absolute atomic E-state index is 3.49. The molecule has 1 fully saturated rings. The monoisotopic (exact) mass is 311 g/mol. The maximum atomic E-state index is 3.49. The number of nitrogens with one attached hydrogen (secondary N) is 1. The summed E-state index contributed by atoms with van der Waals surface area (Å²) in [6, 6.07) is 24.7. The van der Waals surface area contributed by atoms with Gasteiger partial charge in [0.15, 0.2) is 0 Å². The summed E-state index contributed by atoms with van der Waals surface area (Å²) in [5.74, 6) is 0.780. The summed E-state index contributed by atoms with van der Waals surface area (Å²) < 4.78 is 0. The number of hydrogen-bond donors (Lipinski definition) is 1. The Morgan fingerprint density at radius 2 is 1.46 bits per heavy atom. The number of rotatable bonds is 2. The fraction of sp³-hybridized carbons (Fsp3) is 0.217. The molecule has 0 aliphatic carbocycles. The van der Waals surface area contributed by atoms with Crippen molar-refractivity contribution < 1.29 is 0 Å². The molecule has 0 spiro atoms. The third-order valence-corrected chi connectivity index (χ3v) is 5.54. The summed E-state index contributed by atoms with van der Waals surface area (Å²) >= 11 is 0. The molecule has 0 radical (unpaired) electrons. The molecule has 0 aromatic heterocycles. The number of benzene rings is 4. The van der Waals surface area contributed by atoms with Crippen LogP contribution in [-0.4, -0.2) is 13.1 Å². The summed E-state index contributed by atoms with van der Waals surface area (Å²) in [5.41, 5.74) is 1.50. The number of fused-ring (bicyclic) bond motifs is 5. The van der Waals surface area contributed by atoms with Crippen molar-refractivity contribution in [3.8, 4) is 0 Å². The van der Waals surface area contributed by atoms with Crippen LogP contribution in [0.5, 0.6) is 0 Å². The lowest BCUT2D eigenvalue weighted by molar-refractivity contribution is 0.582. The zero-order chi connectivity index (χ0) is 15.9. The zero-order valence-corrected chi connectivity index (χ0v) is 13.8. The van der Waals surface area contributed by atoms with E-state index in [2.05, 4.69) is 72.0 Å². The van der Waals surface area contributed by atoms with Crippen LogP contribution in [0.15, 0.2) is 66.7 Å². The minimum Gasteiger partial charge on any atom is -0.316 e. The van der Waals surface area contributed by atoms with Crippen LogP contribution in [0.4, 0.5) is 0 Å². The standard InChI is InChI=1S/C23H21N/c1-2-6-19-17(4-1)8-9-23-21-7-3-5-18(14-16-12-13-24-15-16)20(21)10-11-22(19)23/h1-11,16,24H,12-15H2. The van der Waals surface area contributed by atoms with E-state index in [0.717, 1.165) is 12.5 Å². The second kappa shape index (κ2) is 5.61. The molecule has 1 unspecified atom stereocenters. The lowest BCUT2D eigenvalue weighted by Crippen LogP contribution is -2.10. The topological polar surface area (TPSA) is 12.0 Å². The molecule has 1 aliphatic heterocycles. The maximum Gasteiger partial charge on any atom is -0.00169 e. The molecule has 118 valence electrons. The molecule has 1 saturated heterocycles. The molecule has 1 heteroatoms. The van der Waals surface area contributed by atoms with Gasteiger partial charge in [0.2, 0.25) is 0 Å². The smallest absolute Gasteiger partial charge is 0.00169 e. The van der Waals surface area contributed by atoms with E-state index in [1.165, 1.54) is 57.3 Å². The summed E-state index contributed by atoms with van der Waals surface area (Å²) in [4.78, 5) is 0. The first-order chi connectivity index (χ1) is 11.9. The highest BCUT2D eigenvalue weighted by Gasteiger charge is 2.16. The van der Waals surface area contributed by atoms with Gasteiger partial charge in [0.05, 0.1) is 0 Å². The molecule has 4 aromatic carbocycles. The van der Waals surface area contributed by atoms with Gasteiger partial charge < -0.3 is 5.32 Å². The SMILES string of the molecule is c1ccc2c(c1)ccc1c3cccc(CC4CCNC4)c3ccc21. The third kappa shape index (κ3) is 2.20. The van der Waals surface area contributed by atoms with E-state index in [0.29, 0.717) is 0 Å². The molecule has 0 saturated carbocycles. The summed E-state index contributed by atoms with van der Waals surface area (Å²) in [7, 11) is 0. The van der Waals surface area contributed by atoms with Gasteiger partial charge in [0, 0.05) is 0 Å². The number of hydrogen-bond acceptors (Lipinski definition) is 1. The average molecular weight is 311 g/mol. The molecule has 5 rings (SSSR count). The van der Waals surface area contributed by atoms with E-state index in [9.17, 15) is 0 Å². The van der Waals surface area contributed by atoms with Crippen LogP contribution in [0, 0.1) is 5.92 Å². The predicted molar refractivity (Wildman–Crippen MR) is 104 cm³/mol. The van der Waals surface area contributed by atoms with Gasteiger partial charge in [0.1, 0.15) is 0 Å². The van der Waals surface area contributed by atoms with Gasteiger partial charge >= 0.3 is 0 Å². The van der Waals surface area contributed by atoms with Gasteiger partial charge in [-0.05, 0) is 69.7 Å². The molecule has 1 N–H and O–H groups in total. The van der Waals surface area contributed by atoms with Crippen LogP contribution >= 0.6 is 0 Å². The second-order valence-corrected chi connectivity index (χ2v) is 7.02. The van der Waals surface area contributed by atoms with Gasteiger partial charge in [-0.3, -0.25) is 0 Å². The Labute approximate surface area is 142 Å². The van der Waals surface area contributed by atoms with E-state index in [1.807, 2.05) is 0 Å². The second-order valence-electron chi connectivity index (χ2n) is 7.02. The van der Waals surface area contributed by atoms with Crippen molar-refractivity contribution in [2.24, 2.45) is 5.92 Å². The first-order valence-corrected chi connectivity index (χ1v) is 8.93. The highest BCUT2D eigenvalue weighted by atomic mass is 14.9. The first kappa shape index (κ1) is 14.0. The van der Waals surface area contributed by atoms with Gasteiger partial charge in [0.25, 0.3) is 0 Å². The van der Waals surface area contributed by atoms with Gasteiger partial charge in [-0.25, -0.2) is 0 Å². The fourth-order valence-electron chi connectivity index (χ4n) is 4.30. The minimum atomic E-state index is 0.780. The molecule has 1 atom stereocenters.